The zero-order valence-corrected chi connectivity index (χ0v) is 21.5. The third-order valence-electron chi connectivity index (χ3n) is 7.31. The molecule has 3 saturated heterocycles. The lowest BCUT2D eigenvalue weighted by molar-refractivity contribution is -0.00884. The summed E-state index contributed by atoms with van der Waals surface area (Å²) in [6.45, 7) is 3.94. The van der Waals surface area contributed by atoms with Crippen LogP contribution in [0.5, 0.6) is 5.88 Å². The van der Waals surface area contributed by atoms with Gasteiger partial charge in [-0.15, -0.1) is 0 Å². The number of aromatic nitrogens is 4. The number of pyridine rings is 3. The number of halogens is 1. The Morgan fingerprint density at radius 3 is 2.67 bits per heavy atom. The van der Waals surface area contributed by atoms with Gasteiger partial charge in [-0.25, -0.2) is 18.9 Å². The molecule has 3 aliphatic rings. The molecule has 1 N–H and O–H groups in total. The first-order chi connectivity index (χ1) is 18.9. The monoisotopic (exact) mass is 523 g/mol. The fraction of sp³-hybridized carbons (Fsp3) is 0.310. The molecule has 10 heteroatoms. The molecule has 9 nitrogen and oxygen atoms in total. The van der Waals surface area contributed by atoms with Gasteiger partial charge in [0.15, 0.2) is 5.82 Å². The number of hydrogen-bond acceptors (Lipinski definition) is 8. The van der Waals surface area contributed by atoms with Crippen molar-refractivity contribution in [3.63, 3.8) is 0 Å². The molecule has 0 saturated carbocycles. The Balaban J connectivity index is 1.21. The van der Waals surface area contributed by atoms with Crippen molar-refractivity contribution in [3.05, 3.63) is 71.6 Å². The van der Waals surface area contributed by atoms with Crippen molar-refractivity contribution in [3.8, 4) is 34.9 Å². The Hall–Kier alpha value is -4.51. The van der Waals surface area contributed by atoms with Gasteiger partial charge in [0.2, 0.25) is 5.88 Å². The highest BCUT2D eigenvalue weighted by Crippen LogP contribution is 2.36. The highest BCUT2D eigenvalue weighted by Gasteiger charge is 2.44. The molecule has 0 radical (unpaired) electrons. The van der Waals surface area contributed by atoms with E-state index in [0.29, 0.717) is 35.3 Å². The van der Waals surface area contributed by atoms with Crippen LogP contribution in [0.2, 0.25) is 0 Å². The Labute approximate surface area is 225 Å². The van der Waals surface area contributed by atoms with Gasteiger partial charge >= 0.3 is 0 Å². The summed E-state index contributed by atoms with van der Waals surface area (Å²) in [5, 5.41) is 23.5. The van der Waals surface area contributed by atoms with Gasteiger partial charge in [-0.3, -0.25) is 4.90 Å². The predicted molar refractivity (Wildman–Crippen MR) is 142 cm³/mol. The number of piperidine rings is 1. The van der Waals surface area contributed by atoms with Gasteiger partial charge in [-0.05, 0) is 43.2 Å². The number of anilines is 1. The molecule has 4 aromatic heterocycles. The highest BCUT2D eigenvalue weighted by atomic mass is 19.1. The van der Waals surface area contributed by atoms with Crippen LogP contribution in [-0.2, 0) is 6.54 Å². The van der Waals surface area contributed by atoms with Gasteiger partial charge in [0.05, 0.1) is 24.4 Å². The van der Waals surface area contributed by atoms with E-state index in [1.165, 1.54) is 19.4 Å². The van der Waals surface area contributed by atoms with Crippen LogP contribution in [0.3, 0.4) is 0 Å². The summed E-state index contributed by atoms with van der Waals surface area (Å²) in [5.74, 6) is 6.19. The highest BCUT2D eigenvalue weighted by molar-refractivity contribution is 5.85. The third kappa shape index (κ3) is 4.65. The van der Waals surface area contributed by atoms with E-state index in [-0.39, 0.29) is 5.88 Å². The second kappa shape index (κ2) is 9.99. The SMILES string of the molecule is COc1ncc(CN2C3CC2CN(c2ccc(-c4cc(C#CC(C)O)cn5ncc(C#N)c45)cn2)C3)cc1F. The van der Waals surface area contributed by atoms with Crippen molar-refractivity contribution in [1.29, 1.82) is 5.26 Å². The van der Waals surface area contributed by atoms with E-state index in [1.807, 2.05) is 24.4 Å². The Bertz CT molecular complexity index is 1640. The minimum absolute atomic E-state index is 0.0143. The minimum atomic E-state index is -0.752. The average molecular weight is 524 g/mol. The number of piperazine rings is 1. The maximum Gasteiger partial charge on any atom is 0.250 e. The molecule has 3 fully saturated rings. The van der Waals surface area contributed by atoms with Crippen LogP contribution < -0.4 is 9.64 Å². The number of ether oxygens (including phenoxy) is 1. The largest absolute Gasteiger partial charge is 0.479 e. The van der Waals surface area contributed by atoms with Gasteiger partial charge < -0.3 is 14.7 Å². The van der Waals surface area contributed by atoms with Crippen molar-refractivity contribution < 1.29 is 14.2 Å². The summed E-state index contributed by atoms with van der Waals surface area (Å²) in [5.41, 5.74) is 4.31. The van der Waals surface area contributed by atoms with Crippen LogP contribution in [0.4, 0.5) is 10.2 Å². The number of nitrogens with zero attached hydrogens (tertiary/aromatic N) is 7. The fourth-order valence-corrected chi connectivity index (χ4v) is 5.46. The van der Waals surface area contributed by atoms with E-state index in [0.717, 1.165) is 42.0 Å². The summed E-state index contributed by atoms with van der Waals surface area (Å²) < 4.78 is 20.7. The molecular formula is C29H26FN7O2. The predicted octanol–water partition coefficient (Wildman–Crippen LogP) is 3.01. The maximum atomic E-state index is 14.1. The van der Waals surface area contributed by atoms with Crippen molar-refractivity contribution in [2.45, 2.75) is 38.1 Å². The number of hydrogen-bond donors (Lipinski definition) is 1. The molecule has 196 valence electrons. The molecule has 7 rings (SSSR count). The molecule has 3 aliphatic heterocycles. The first-order valence-corrected chi connectivity index (χ1v) is 12.7. The fourth-order valence-electron chi connectivity index (χ4n) is 5.46. The average Bonchev–Trinajstić information content (AvgIpc) is 3.38. The molecule has 4 aromatic rings. The van der Waals surface area contributed by atoms with Gasteiger partial charge in [0, 0.05) is 67.0 Å². The van der Waals surface area contributed by atoms with Crippen molar-refractivity contribution in [2.75, 3.05) is 25.1 Å². The Kier molecular flexibility index (Phi) is 6.35. The first kappa shape index (κ1) is 24.8. The zero-order chi connectivity index (χ0) is 27.1. The molecule has 39 heavy (non-hydrogen) atoms. The lowest BCUT2D eigenvalue weighted by atomic mass is 9.87. The summed E-state index contributed by atoms with van der Waals surface area (Å²) in [6, 6.07) is 10.3. The molecule has 2 bridgehead atoms. The summed E-state index contributed by atoms with van der Waals surface area (Å²) >= 11 is 0. The topological polar surface area (TPSA) is 103 Å². The Morgan fingerprint density at radius 2 is 2.00 bits per heavy atom. The van der Waals surface area contributed by atoms with Crippen molar-refractivity contribution in [1.82, 2.24) is 24.5 Å². The maximum absolute atomic E-state index is 14.1. The zero-order valence-electron chi connectivity index (χ0n) is 21.5. The smallest absolute Gasteiger partial charge is 0.250 e. The number of fused-ring (bicyclic) bond motifs is 3. The van der Waals surface area contributed by atoms with Crippen LogP contribution in [-0.4, -0.2) is 68.0 Å². The first-order valence-electron chi connectivity index (χ1n) is 12.7. The van der Waals surface area contributed by atoms with E-state index >= 15 is 0 Å². The van der Waals surface area contributed by atoms with Crippen molar-refractivity contribution >= 4 is 11.3 Å². The molecule has 0 aliphatic carbocycles. The van der Waals surface area contributed by atoms with Crippen LogP contribution in [0.15, 0.2) is 49.1 Å². The molecule has 0 spiro atoms. The molecule has 7 heterocycles. The van der Waals surface area contributed by atoms with Gasteiger partial charge in [0.1, 0.15) is 18.0 Å². The lowest BCUT2D eigenvalue weighted by Crippen LogP contribution is -2.68. The van der Waals surface area contributed by atoms with E-state index in [4.69, 9.17) is 9.72 Å². The van der Waals surface area contributed by atoms with Gasteiger partial charge in [-0.2, -0.15) is 10.4 Å². The number of aliphatic hydroxyl groups excluding tert-OH is 1. The van der Waals surface area contributed by atoms with E-state index in [2.05, 4.69) is 37.8 Å². The number of methoxy groups -OCH3 is 1. The normalized spacial score (nSPS) is 19.1. The minimum Gasteiger partial charge on any atom is -0.479 e. The van der Waals surface area contributed by atoms with E-state index in [9.17, 15) is 14.8 Å². The van der Waals surface area contributed by atoms with Gasteiger partial charge in [-0.1, -0.05) is 11.8 Å². The molecule has 3 atom stereocenters. The number of aliphatic hydroxyl groups is 1. The number of nitriles is 1. The molecule has 3 unspecified atom stereocenters. The van der Waals surface area contributed by atoms with Crippen LogP contribution in [0.1, 0.15) is 30.0 Å². The van der Waals surface area contributed by atoms with E-state index < -0.39 is 11.9 Å². The van der Waals surface area contributed by atoms with Crippen molar-refractivity contribution in [2.24, 2.45) is 0 Å². The van der Waals surface area contributed by atoms with Gasteiger partial charge in [0.25, 0.3) is 0 Å². The third-order valence-corrected chi connectivity index (χ3v) is 7.31. The Morgan fingerprint density at radius 1 is 1.18 bits per heavy atom. The summed E-state index contributed by atoms with van der Waals surface area (Å²) in [6.07, 6.45) is 7.13. The quantitative estimate of drug-likeness (QED) is 0.399. The molecule has 0 amide bonds. The molecule has 0 aromatic carbocycles. The van der Waals surface area contributed by atoms with Crippen LogP contribution in [0, 0.1) is 29.0 Å². The lowest BCUT2D eigenvalue weighted by Gasteiger charge is -2.56. The molecular weight excluding hydrogens is 497 g/mol. The summed E-state index contributed by atoms with van der Waals surface area (Å²) in [4.78, 5) is 13.5. The second-order valence-electron chi connectivity index (χ2n) is 9.91. The number of rotatable bonds is 5. The van der Waals surface area contributed by atoms with Crippen LogP contribution in [0.25, 0.3) is 16.6 Å². The standard InChI is InChI=1S/C29H26FN7O2/c1-18(38)3-4-19-7-25(28-22(10-31)13-34-37(28)15-19)21-5-6-27(32-12-21)35-16-23-9-24(17-35)36(23)14-20-8-26(30)29(39-2)33-11-20/h5-8,11-13,15,18,23-24,38H,9,14,16-17H2,1-2H3. The van der Waals surface area contributed by atoms with Crippen LogP contribution >= 0.6 is 0 Å². The van der Waals surface area contributed by atoms with E-state index in [1.54, 1.807) is 23.8 Å². The second-order valence-corrected chi connectivity index (χ2v) is 9.91. The summed E-state index contributed by atoms with van der Waals surface area (Å²) in [7, 11) is 1.41.